The monoisotopic (exact) mass is 282 g/mol. The van der Waals surface area contributed by atoms with Crippen LogP contribution in [0.1, 0.15) is 30.3 Å². The first-order valence-electron chi connectivity index (χ1n) is 7.38. The van der Waals surface area contributed by atoms with Gasteiger partial charge >= 0.3 is 0 Å². The second kappa shape index (κ2) is 5.68. The Bertz CT molecular complexity index is 774. The highest BCUT2D eigenvalue weighted by molar-refractivity contribution is 5.76. The lowest BCUT2D eigenvalue weighted by molar-refractivity contribution is 0.621. The van der Waals surface area contributed by atoms with Crippen molar-refractivity contribution in [3.05, 3.63) is 65.2 Å². The van der Waals surface area contributed by atoms with Gasteiger partial charge in [-0.25, -0.2) is 9.37 Å². The van der Waals surface area contributed by atoms with Gasteiger partial charge in [0.1, 0.15) is 11.6 Å². The van der Waals surface area contributed by atoms with Crippen molar-refractivity contribution < 1.29 is 4.39 Å². The van der Waals surface area contributed by atoms with E-state index in [2.05, 4.69) is 17.6 Å². The molecule has 0 saturated heterocycles. The Labute approximate surface area is 124 Å². The third kappa shape index (κ3) is 2.68. The quantitative estimate of drug-likeness (QED) is 0.689. The van der Waals surface area contributed by atoms with Crippen LogP contribution in [0.15, 0.2) is 42.5 Å². The van der Waals surface area contributed by atoms with Gasteiger partial charge in [0.05, 0.1) is 11.0 Å². The molecule has 0 amide bonds. The van der Waals surface area contributed by atoms with Crippen LogP contribution in [0, 0.1) is 12.7 Å². The van der Waals surface area contributed by atoms with E-state index in [1.807, 2.05) is 31.2 Å². The zero-order valence-corrected chi connectivity index (χ0v) is 12.4. The lowest BCUT2D eigenvalue weighted by atomic mass is 10.1. The molecule has 0 aliphatic heterocycles. The van der Waals surface area contributed by atoms with Crippen molar-refractivity contribution in [2.75, 3.05) is 0 Å². The van der Waals surface area contributed by atoms with Crippen LogP contribution in [0.2, 0.25) is 0 Å². The van der Waals surface area contributed by atoms with E-state index in [1.165, 1.54) is 6.07 Å². The highest BCUT2D eigenvalue weighted by atomic mass is 19.1. The molecule has 1 aromatic heterocycles. The van der Waals surface area contributed by atoms with Crippen LogP contribution in [0.25, 0.3) is 11.0 Å². The number of imidazole rings is 1. The lowest BCUT2D eigenvalue weighted by Gasteiger charge is -2.11. The van der Waals surface area contributed by atoms with Gasteiger partial charge in [0.15, 0.2) is 0 Å². The smallest absolute Gasteiger partial charge is 0.123 e. The summed E-state index contributed by atoms with van der Waals surface area (Å²) in [5.74, 6) is 0.888. The summed E-state index contributed by atoms with van der Waals surface area (Å²) in [7, 11) is 0. The number of hydrogen-bond donors (Lipinski definition) is 0. The first-order valence-corrected chi connectivity index (χ1v) is 7.38. The molecule has 3 heteroatoms. The molecule has 0 N–H and O–H groups in total. The fourth-order valence-corrected chi connectivity index (χ4v) is 2.70. The molecular formula is C18H19FN2. The van der Waals surface area contributed by atoms with E-state index in [9.17, 15) is 4.39 Å². The van der Waals surface area contributed by atoms with Crippen molar-refractivity contribution >= 4 is 11.0 Å². The van der Waals surface area contributed by atoms with Crippen LogP contribution in [-0.4, -0.2) is 9.55 Å². The molecule has 0 saturated carbocycles. The number of rotatable bonds is 4. The maximum atomic E-state index is 13.5. The molecule has 1 heterocycles. The van der Waals surface area contributed by atoms with Crippen molar-refractivity contribution in [1.29, 1.82) is 0 Å². The molecule has 3 rings (SSSR count). The van der Waals surface area contributed by atoms with Crippen LogP contribution < -0.4 is 0 Å². The topological polar surface area (TPSA) is 17.8 Å². The van der Waals surface area contributed by atoms with Gasteiger partial charge in [0.2, 0.25) is 0 Å². The van der Waals surface area contributed by atoms with E-state index < -0.39 is 0 Å². The second-order valence-electron chi connectivity index (χ2n) is 5.42. The largest absolute Gasteiger partial charge is 0.323 e. The Morgan fingerprint density at radius 1 is 1.14 bits per heavy atom. The van der Waals surface area contributed by atoms with Gasteiger partial charge in [0.25, 0.3) is 0 Å². The average molecular weight is 282 g/mol. The summed E-state index contributed by atoms with van der Waals surface area (Å²) in [6.07, 6.45) is 1.98. The predicted molar refractivity (Wildman–Crippen MR) is 84.0 cm³/mol. The van der Waals surface area contributed by atoms with Crippen molar-refractivity contribution in [2.24, 2.45) is 0 Å². The van der Waals surface area contributed by atoms with Crippen LogP contribution >= 0.6 is 0 Å². The molecule has 0 spiro atoms. The van der Waals surface area contributed by atoms with Crippen molar-refractivity contribution in [2.45, 2.75) is 33.2 Å². The Morgan fingerprint density at radius 2 is 1.95 bits per heavy atom. The minimum Gasteiger partial charge on any atom is -0.323 e. The normalized spacial score (nSPS) is 11.2. The number of fused-ring (bicyclic) bond motifs is 1. The van der Waals surface area contributed by atoms with Crippen molar-refractivity contribution in [3.8, 4) is 0 Å². The summed E-state index contributed by atoms with van der Waals surface area (Å²) in [5.41, 5.74) is 4.24. The van der Waals surface area contributed by atoms with Gasteiger partial charge in [-0.2, -0.15) is 0 Å². The van der Waals surface area contributed by atoms with Gasteiger partial charge in [-0.05, 0) is 48.7 Å². The summed E-state index contributed by atoms with van der Waals surface area (Å²) in [5, 5.41) is 0. The number of aryl methyl sites for hydroxylation is 2. The molecule has 0 bridgehead atoms. The van der Waals surface area contributed by atoms with E-state index in [1.54, 1.807) is 6.07 Å². The maximum absolute atomic E-state index is 13.5. The minimum absolute atomic E-state index is 0.183. The molecule has 108 valence electrons. The molecular weight excluding hydrogens is 263 g/mol. The highest BCUT2D eigenvalue weighted by Gasteiger charge is 2.11. The summed E-state index contributed by atoms with van der Waals surface area (Å²) in [6, 6.07) is 13.1. The maximum Gasteiger partial charge on any atom is 0.123 e. The fourth-order valence-electron chi connectivity index (χ4n) is 2.70. The Hall–Kier alpha value is -2.16. The molecule has 2 nitrogen and oxygen atoms in total. The first kappa shape index (κ1) is 13.8. The number of nitrogens with zero attached hydrogens (tertiary/aromatic N) is 2. The molecule has 0 aliphatic rings. The molecule has 2 aromatic carbocycles. The van der Waals surface area contributed by atoms with Gasteiger partial charge in [-0.3, -0.25) is 0 Å². The molecule has 0 atom stereocenters. The third-order valence-corrected chi connectivity index (χ3v) is 3.85. The Kier molecular flexibility index (Phi) is 3.74. The molecule has 21 heavy (non-hydrogen) atoms. The lowest BCUT2D eigenvalue weighted by Crippen LogP contribution is -2.06. The summed E-state index contributed by atoms with van der Waals surface area (Å²) in [4.78, 5) is 4.72. The Balaban J connectivity index is 2.10. The summed E-state index contributed by atoms with van der Waals surface area (Å²) in [6.45, 7) is 4.84. The molecule has 0 unspecified atom stereocenters. The summed E-state index contributed by atoms with van der Waals surface area (Å²) >= 11 is 0. The van der Waals surface area contributed by atoms with Gasteiger partial charge in [0, 0.05) is 13.0 Å². The van der Waals surface area contributed by atoms with Crippen LogP contribution in [0.4, 0.5) is 4.39 Å². The summed E-state index contributed by atoms with van der Waals surface area (Å²) < 4.78 is 15.7. The minimum atomic E-state index is -0.183. The molecule has 0 fully saturated rings. The standard InChI is InChI=1S/C18H19FN2/c1-3-6-18-20-16-7-4-5-8-17(16)21(18)12-14-11-15(19)10-9-13(14)2/h4-5,7-11H,3,6,12H2,1-2H3. The zero-order valence-electron chi connectivity index (χ0n) is 12.4. The van der Waals surface area contributed by atoms with Crippen LogP contribution in [0.3, 0.4) is 0 Å². The first-order chi connectivity index (χ1) is 10.2. The zero-order chi connectivity index (χ0) is 14.8. The van der Waals surface area contributed by atoms with E-state index in [0.29, 0.717) is 6.54 Å². The second-order valence-corrected chi connectivity index (χ2v) is 5.42. The van der Waals surface area contributed by atoms with Crippen LogP contribution in [-0.2, 0) is 13.0 Å². The SMILES string of the molecule is CCCc1nc2ccccc2n1Cc1cc(F)ccc1C. The van der Waals surface area contributed by atoms with Crippen molar-refractivity contribution in [1.82, 2.24) is 9.55 Å². The van der Waals surface area contributed by atoms with Gasteiger partial charge in [-0.1, -0.05) is 25.1 Å². The van der Waals surface area contributed by atoms with E-state index in [4.69, 9.17) is 4.98 Å². The van der Waals surface area contributed by atoms with Crippen molar-refractivity contribution in [3.63, 3.8) is 0 Å². The molecule has 3 aromatic rings. The van der Waals surface area contributed by atoms with E-state index in [0.717, 1.165) is 40.8 Å². The Morgan fingerprint density at radius 3 is 2.76 bits per heavy atom. The molecule has 0 radical (unpaired) electrons. The number of para-hydroxylation sites is 2. The number of aromatic nitrogens is 2. The number of benzene rings is 2. The predicted octanol–water partition coefficient (Wildman–Crippen LogP) is 4.48. The van der Waals surface area contributed by atoms with Gasteiger partial charge < -0.3 is 4.57 Å². The van der Waals surface area contributed by atoms with E-state index >= 15 is 0 Å². The fraction of sp³-hybridized carbons (Fsp3) is 0.278. The van der Waals surface area contributed by atoms with E-state index in [-0.39, 0.29) is 5.82 Å². The van der Waals surface area contributed by atoms with Crippen LogP contribution in [0.5, 0.6) is 0 Å². The average Bonchev–Trinajstić information content (AvgIpc) is 2.81. The number of hydrogen-bond acceptors (Lipinski definition) is 1. The highest BCUT2D eigenvalue weighted by Crippen LogP contribution is 2.20. The van der Waals surface area contributed by atoms with Gasteiger partial charge in [-0.15, -0.1) is 0 Å². The molecule has 0 aliphatic carbocycles. The third-order valence-electron chi connectivity index (χ3n) is 3.85. The number of halogens is 1.